The lowest BCUT2D eigenvalue weighted by atomic mass is 9.54. The van der Waals surface area contributed by atoms with Gasteiger partial charge in [-0.05, 0) is 36.6 Å². The van der Waals surface area contributed by atoms with E-state index < -0.39 is 11.2 Å². The van der Waals surface area contributed by atoms with Gasteiger partial charge in [0.25, 0.3) is 0 Å². The zero-order valence-corrected chi connectivity index (χ0v) is 14.7. The van der Waals surface area contributed by atoms with Crippen molar-refractivity contribution in [3.8, 4) is 17.6 Å². The van der Waals surface area contributed by atoms with Crippen LogP contribution < -0.4 is 4.74 Å². The zero-order chi connectivity index (χ0) is 17.9. The molecular weight excluding hydrogens is 334 g/mol. The van der Waals surface area contributed by atoms with E-state index in [2.05, 4.69) is 6.07 Å². The lowest BCUT2D eigenvalue weighted by Gasteiger charge is -2.49. The first-order chi connectivity index (χ1) is 12.6. The van der Waals surface area contributed by atoms with Crippen LogP contribution >= 0.6 is 0 Å². The molecule has 2 aliphatic carbocycles. The minimum atomic E-state index is -0.747. The molecule has 4 aliphatic rings. The topological polar surface area (TPSA) is 80.9 Å². The first-order valence-electron chi connectivity index (χ1n) is 9.18. The molecule has 1 spiro atoms. The van der Waals surface area contributed by atoms with E-state index in [1.54, 1.807) is 12.3 Å². The second kappa shape index (κ2) is 5.38. The number of hydrogen-bond donors (Lipinski definition) is 1. The summed E-state index contributed by atoms with van der Waals surface area (Å²) >= 11 is 0. The standard InChI is InChI=1S/C20H21NO5/c1-2-23-16-7-12-8-17-18-14(10-24-17)20(25-5-6-26-20)4-3-19(18,11-21)13(12)9-15(16)22/h7,9-10,17-18,22H,2-6,8H2,1H3/t17-,18-,19-/m1/s1. The van der Waals surface area contributed by atoms with Crippen molar-refractivity contribution >= 4 is 0 Å². The van der Waals surface area contributed by atoms with E-state index >= 15 is 0 Å². The average molecular weight is 355 g/mol. The van der Waals surface area contributed by atoms with Crippen molar-refractivity contribution in [2.45, 2.75) is 43.5 Å². The van der Waals surface area contributed by atoms with Crippen molar-refractivity contribution in [2.75, 3.05) is 19.8 Å². The van der Waals surface area contributed by atoms with E-state index in [1.165, 1.54) is 0 Å². The molecule has 0 unspecified atom stereocenters. The van der Waals surface area contributed by atoms with E-state index in [1.807, 2.05) is 13.0 Å². The number of phenols is 1. The number of phenolic OH excluding ortho intramolecular Hbond substituents is 1. The predicted molar refractivity (Wildman–Crippen MR) is 90.6 cm³/mol. The smallest absolute Gasteiger partial charge is 0.194 e. The molecule has 0 bridgehead atoms. The molecule has 136 valence electrons. The van der Waals surface area contributed by atoms with Gasteiger partial charge in [0.2, 0.25) is 0 Å². The van der Waals surface area contributed by atoms with Crippen molar-refractivity contribution in [1.82, 2.24) is 0 Å². The van der Waals surface area contributed by atoms with Gasteiger partial charge < -0.3 is 24.1 Å². The quantitative estimate of drug-likeness (QED) is 0.878. The summed E-state index contributed by atoms with van der Waals surface area (Å²) in [5.74, 6) is -0.329. The van der Waals surface area contributed by atoms with Gasteiger partial charge in [0.15, 0.2) is 17.3 Å². The molecule has 1 N–H and O–H groups in total. The van der Waals surface area contributed by atoms with Gasteiger partial charge in [0, 0.05) is 24.3 Å². The van der Waals surface area contributed by atoms with Crippen LogP contribution in [0.5, 0.6) is 11.5 Å². The van der Waals surface area contributed by atoms with Crippen LogP contribution in [0.2, 0.25) is 0 Å². The first kappa shape index (κ1) is 16.0. The number of fused-ring (bicyclic) bond motifs is 3. The van der Waals surface area contributed by atoms with Crippen molar-refractivity contribution in [2.24, 2.45) is 5.92 Å². The predicted octanol–water partition coefficient (Wildman–Crippen LogP) is 2.54. The normalized spacial score (nSPS) is 33.0. The van der Waals surface area contributed by atoms with Gasteiger partial charge in [-0.2, -0.15) is 5.26 Å². The number of nitrogens with zero attached hydrogens (tertiary/aromatic N) is 1. The van der Waals surface area contributed by atoms with E-state index in [9.17, 15) is 10.4 Å². The third-order valence-corrected chi connectivity index (χ3v) is 6.24. The summed E-state index contributed by atoms with van der Waals surface area (Å²) in [5.41, 5.74) is 2.08. The number of ether oxygens (including phenoxy) is 4. The monoisotopic (exact) mass is 355 g/mol. The molecule has 0 aromatic heterocycles. The molecule has 26 heavy (non-hydrogen) atoms. The van der Waals surface area contributed by atoms with Crippen molar-refractivity contribution in [3.05, 3.63) is 35.1 Å². The molecule has 6 nitrogen and oxygen atoms in total. The van der Waals surface area contributed by atoms with Crippen molar-refractivity contribution < 1.29 is 24.1 Å². The maximum Gasteiger partial charge on any atom is 0.194 e. The van der Waals surface area contributed by atoms with Gasteiger partial charge in [-0.15, -0.1) is 0 Å². The highest BCUT2D eigenvalue weighted by Gasteiger charge is 2.63. The fourth-order valence-electron chi connectivity index (χ4n) is 5.19. The van der Waals surface area contributed by atoms with E-state index in [0.717, 1.165) is 16.7 Å². The van der Waals surface area contributed by atoms with Crippen LogP contribution in [0.3, 0.4) is 0 Å². The Kier molecular flexibility index (Phi) is 3.31. The largest absolute Gasteiger partial charge is 0.504 e. The maximum atomic E-state index is 10.4. The minimum Gasteiger partial charge on any atom is -0.504 e. The molecule has 1 saturated heterocycles. The summed E-state index contributed by atoms with van der Waals surface area (Å²) in [6.45, 7) is 3.47. The number of benzene rings is 1. The van der Waals surface area contributed by atoms with Gasteiger partial charge in [0.05, 0.1) is 37.6 Å². The highest BCUT2D eigenvalue weighted by atomic mass is 16.7. The number of nitriles is 1. The van der Waals surface area contributed by atoms with Gasteiger partial charge >= 0.3 is 0 Å². The molecule has 5 rings (SSSR count). The highest BCUT2D eigenvalue weighted by Crippen LogP contribution is 2.60. The highest BCUT2D eigenvalue weighted by molar-refractivity contribution is 5.56. The summed E-state index contributed by atoms with van der Waals surface area (Å²) < 4.78 is 23.5. The van der Waals surface area contributed by atoms with E-state index in [0.29, 0.717) is 44.8 Å². The summed E-state index contributed by atoms with van der Waals surface area (Å²) in [5, 5.41) is 20.7. The van der Waals surface area contributed by atoms with Crippen LogP contribution in [-0.2, 0) is 26.0 Å². The van der Waals surface area contributed by atoms with Gasteiger partial charge in [-0.25, -0.2) is 0 Å². The average Bonchev–Trinajstić information content (AvgIpc) is 3.28. The van der Waals surface area contributed by atoms with Crippen LogP contribution in [0.25, 0.3) is 0 Å². The third-order valence-electron chi connectivity index (χ3n) is 6.24. The molecule has 6 heteroatoms. The molecule has 2 aliphatic heterocycles. The Bertz CT molecular complexity index is 835. The van der Waals surface area contributed by atoms with Gasteiger partial charge in [-0.3, -0.25) is 0 Å². The summed E-state index contributed by atoms with van der Waals surface area (Å²) in [4.78, 5) is 0. The third kappa shape index (κ3) is 1.88. The van der Waals surface area contributed by atoms with Crippen molar-refractivity contribution in [1.29, 1.82) is 5.26 Å². The van der Waals surface area contributed by atoms with Crippen LogP contribution in [0.4, 0.5) is 0 Å². The molecule has 0 amide bonds. The molecular formula is C20H21NO5. The van der Waals surface area contributed by atoms with Crippen LogP contribution in [-0.4, -0.2) is 36.8 Å². The molecule has 1 saturated carbocycles. The Morgan fingerprint density at radius 1 is 1.31 bits per heavy atom. The summed E-state index contributed by atoms with van der Waals surface area (Å²) in [7, 11) is 0. The molecule has 1 aromatic carbocycles. The fraction of sp³-hybridized carbons (Fsp3) is 0.550. The Morgan fingerprint density at radius 2 is 2.12 bits per heavy atom. The number of rotatable bonds is 2. The Hall–Kier alpha value is -2.23. The Balaban J connectivity index is 1.65. The van der Waals surface area contributed by atoms with E-state index in [4.69, 9.17) is 18.9 Å². The lowest BCUT2D eigenvalue weighted by Crippen LogP contribution is -2.54. The molecule has 1 aromatic rings. The van der Waals surface area contributed by atoms with Crippen LogP contribution in [0.15, 0.2) is 24.0 Å². The second-order valence-corrected chi connectivity index (χ2v) is 7.37. The van der Waals surface area contributed by atoms with Crippen LogP contribution in [0, 0.1) is 17.2 Å². The van der Waals surface area contributed by atoms with Crippen LogP contribution in [0.1, 0.15) is 30.9 Å². The summed E-state index contributed by atoms with van der Waals surface area (Å²) in [6.07, 6.45) is 3.50. The van der Waals surface area contributed by atoms with Gasteiger partial charge in [-0.1, -0.05) is 0 Å². The van der Waals surface area contributed by atoms with Crippen molar-refractivity contribution in [3.63, 3.8) is 0 Å². The Labute approximate surface area is 151 Å². The molecule has 2 heterocycles. The SMILES string of the molecule is CCOc1cc2c(cc1O)[C@]1(C#N)CCC3(OCCO3)C3=CO[C@H](C2)[C@@H]31. The molecule has 3 atom stereocenters. The first-order valence-corrected chi connectivity index (χ1v) is 9.18. The van der Waals surface area contributed by atoms with E-state index in [-0.39, 0.29) is 17.8 Å². The number of aromatic hydroxyl groups is 1. The van der Waals surface area contributed by atoms with Gasteiger partial charge in [0.1, 0.15) is 6.10 Å². The summed E-state index contributed by atoms with van der Waals surface area (Å²) in [6, 6.07) is 6.15. The maximum absolute atomic E-state index is 10.4. The number of hydrogen-bond acceptors (Lipinski definition) is 6. The zero-order valence-electron chi connectivity index (χ0n) is 14.7. The fourth-order valence-corrected chi connectivity index (χ4v) is 5.19. The minimum absolute atomic E-state index is 0.0803. The Morgan fingerprint density at radius 3 is 2.85 bits per heavy atom. The lowest BCUT2D eigenvalue weighted by molar-refractivity contribution is -0.154. The molecule has 2 fully saturated rings. The molecule has 0 radical (unpaired) electrons. The second-order valence-electron chi connectivity index (χ2n) is 7.37.